The molecule has 3 N–H and O–H groups in total. The van der Waals surface area contributed by atoms with Crippen LogP contribution in [0.15, 0.2) is 24.3 Å². The molecule has 3 unspecified atom stereocenters. The highest BCUT2D eigenvalue weighted by Crippen LogP contribution is 2.27. The van der Waals surface area contributed by atoms with Crippen molar-refractivity contribution in [3.8, 4) is 5.75 Å². The van der Waals surface area contributed by atoms with Crippen LogP contribution in [0.3, 0.4) is 0 Å². The largest absolute Gasteiger partial charge is 0.496 e. The summed E-state index contributed by atoms with van der Waals surface area (Å²) >= 11 is 0. The third-order valence-electron chi connectivity index (χ3n) is 3.56. The predicted octanol–water partition coefficient (Wildman–Crippen LogP) is 2.23. The van der Waals surface area contributed by atoms with Gasteiger partial charge in [0, 0.05) is 23.7 Å². The summed E-state index contributed by atoms with van der Waals surface area (Å²) in [6, 6.07) is 9.40. The van der Waals surface area contributed by atoms with Gasteiger partial charge in [0.15, 0.2) is 0 Å². The van der Waals surface area contributed by atoms with Gasteiger partial charge in [-0.2, -0.15) is 0 Å². The number of ether oxygens (including phenoxy) is 1. The van der Waals surface area contributed by atoms with Crippen molar-refractivity contribution in [3.05, 3.63) is 29.8 Å². The Morgan fingerprint density at radius 2 is 2.12 bits per heavy atom. The molecule has 94 valence electrons. The van der Waals surface area contributed by atoms with E-state index in [1.807, 2.05) is 12.1 Å². The maximum absolute atomic E-state index is 5.93. The van der Waals surface area contributed by atoms with Crippen molar-refractivity contribution < 1.29 is 4.74 Å². The van der Waals surface area contributed by atoms with Gasteiger partial charge < -0.3 is 15.8 Å². The van der Waals surface area contributed by atoms with E-state index in [1.54, 1.807) is 7.11 Å². The zero-order valence-corrected chi connectivity index (χ0v) is 10.6. The van der Waals surface area contributed by atoms with Gasteiger partial charge in [-0.05, 0) is 32.3 Å². The maximum Gasteiger partial charge on any atom is 0.123 e. The van der Waals surface area contributed by atoms with Crippen molar-refractivity contribution in [2.45, 2.75) is 44.3 Å². The summed E-state index contributed by atoms with van der Waals surface area (Å²) in [4.78, 5) is 0. The summed E-state index contributed by atoms with van der Waals surface area (Å²) in [5, 5.41) is 3.64. The molecule has 0 amide bonds. The number of para-hydroxylation sites is 1. The summed E-state index contributed by atoms with van der Waals surface area (Å²) in [6.07, 6.45) is 3.40. The van der Waals surface area contributed by atoms with E-state index < -0.39 is 0 Å². The van der Waals surface area contributed by atoms with Crippen LogP contribution in [0.1, 0.15) is 37.8 Å². The Hall–Kier alpha value is -1.06. The Kier molecular flexibility index (Phi) is 4.02. The molecular weight excluding hydrogens is 212 g/mol. The number of rotatable bonds is 4. The van der Waals surface area contributed by atoms with Gasteiger partial charge >= 0.3 is 0 Å². The van der Waals surface area contributed by atoms with Crippen LogP contribution >= 0.6 is 0 Å². The minimum absolute atomic E-state index is 0.307. The Balaban J connectivity index is 2.01. The standard InChI is InChI=1S/C14H22N2O/c1-10(16-12-8-7-11(15)9-12)13-5-3-4-6-14(13)17-2/h3-6,10-12,16H,7-9,15H2,1-2H3. The van der Waals surface area contributed by atoms with Gasteiger partial charge in [0.2, 0.25) is 0 Å². The fourth-order valence-electron chi connectivity index (χ4n) is 2.64. The van der Waals surface area contributed by atoms with Crippen LogP contribution in [0.2, 0.25) is 0 Å². The van der Waals surface area contributed by atoms with E-state index in [2.05, 4.69) is 24.4 Å². The van der Waals surface area contributed by atoms with Gasteiger partial charge in [0.05, 0.1) is 7.11 Å². The first-order chi connectivity index (χ1) is 8.20. The molecule has 17 heavy (non-hydrogen) atoms. The molecular formula is C14H22N2O. The first-order valence-electron chi connectivity index (χ1n) is 6.35. The average molecular weight is 234 g/mol. The average Bonchev–Trinajstić information content (AvgIpc) is 2.74. The molecule has 0 heterocycles. The summed E-state index contributed by atoms with van der Waals surface area (Å²) in [7, 11) is 1.72. The van der Waals surface area contributed by atoms with E-state index in [-0.39, 0.29) is 0 Å². The van der Waals surface area contributed by atoms with Crippen LogP contribution < -0.4 is 15.8 Å². The Labute approximate surface area is 103 Å². The molecule has 3 atom stereocenters. The van der Waals surface area contributed by atoms with E-state index >= 15 is 0 Å². The molecule has 0 spiro atoms. The molecule has 0 bridgehead atoms. The number of nitrogens with two attached hydrogens (primary N) is 1. The van der Waals surface area contributed by atoms with Gasteiger partial charge in [-0.3, -0.25) is 0 Å². The number of methoxy groups -OCH3 is 1. The smallest absolute Gasteiger partial charge is 0.123 e. The minimum Gasteiger partial charge on any atom is -0.496 e. The topological polar surface area (TPSA) is 47.3 Å². The third-order valence-corrected chi connectivity index (χ3v) is 3.56. The third kappa shape index (κ3) is 2.99. The second kappa shape index (κ2) is 5.52. The molecule has 3 nitrogen and oxygen atoms in total. The van der Waals surface area contributed by atoms with Gasteiger partial charge in [0.25, 0.3) is 0 Å². The lowest BCUT2D eigenvalue weighted by Gasteiger charge is -2.21. The zero-order chi connectivity index (χ0) is 12.3. The Morgan fingerprint density at radius 3 is 2.76 bits per heavy atom. The van der Waals surface area contributed by atoms with Gasteiger partial charge in [-0.15, -0.1) is 0 Å². The molecule has 1 aliphatic rings. The Bertz CT molecular complexity index is 367. The van der Waals surface area contributed by atoms with Crippen molar-refractivity contribution in [2.75, 3.05) is 7.11 Å². The van der Waals surface area contributed by atoms with Crippen LogP contribution in [0, 0.1) is 0 Å². The highest BCUT2D eigenvalue weighted by atomic mass is 16.5. The summed E-state index contributed by atoms with van der Waals surface area (Å²) in [5.41, 5.74) is 7.15. The summed E-state index contributed by atoms with van der Waals surface area (Å²) < 4.78 is 5.39. The lowest BCUT2D eigenvalue weighted by Crippen LogP contribution is -2.31. The molecule has 1 fully saturated rings. The molecule has 1 aromatic rings. The lowest BCUT2D eigenvalue weighted by atomic mass is 10.1. The quantitative estimate of drug-likeness (QED) is 0.840. The molecule has 1 saturated carbocycles. The fourth-order valence-corrected chi connectivity index (χ4v) is 2.64. The number of nitrogens with one attached hydrogen (secondary N) is 1. The van der Waals surface area contributed by atoms with Crippen molar-refractivity contribution in [2.24, 2.45) is 5.73 Å². The molecule has 1 aliphatic carbocycles. The van der Waals surface area contributed by atoms with E-state index in [1.165, 1.54) is 12.0 Å². The first kappa shape index (κ1) is 12.4. The Morgan fingerprint density at radius 1 is 1.35 bits per heavy atom. The van der Waals surface area contributed by atoms with Gasteiger partial charge in [-0.25, -0.2) is 0 Å². The van der Waals surface area contributed by atoms with Crippen molar-refractivity contribution in [1.29, 1.82) is 0 Å². The highest BCUT2D eigenvalue weighted by molar-refractivity contribution is 5.35. The SMILES string of the molecule is COc1ccccc1C(C)NC1CCC(N)C1. The number of hydrogen-bond donors (Lipinski definition) is 2. The van der Waals surface area contributed by atoms with Crippen molar-refractivity contribution >= 4 is 0 Å². The predicted molar refractivity (Wildman–Crippen MR) is 70.2 cm³/mol. The van der Waals surface area contributed by atoms with Crippen LogP contribution in [-0.2, 0) is 0 Å². The van der Waals surface area contributed by atoms with Gasteiger partial charge in [-0.1, -0.05) is 18.2 Å². The molecule has 0 aliphatic heterocycles. The van der Waals surface area contributed by atoms with Crippen LogP contribution in [0.25, 0.3) is 0 Å². The van der Waals surface area contributed by atoms with E-state index in [4.69, 9.17) is 10.5 Å². The van der Waals surface area contributed by atoms with Crippen LogP contribution in [-0.4, -0.2) is 19.2 Å². The second-order valence-electron chi connectivity index (χ2n) is 4.90. The summed E-state index contributed by atoms with van der Waals surface area (Å²) in [5.74, 6) is 0.954. The molecule has 3 heteroatoms. The maximum atomic E-state index is 5.93. The molecule has 0 aromatic heterocycles. The summed E-state index contributed by atoms with van der Waals surface area (Å²) in [6.45, 7) is 2.18. The normalized spacial score (nSPS) is 25.8. The molecule has 1 aromatic carbocycles. The number of benzene rings is 1. The molecule has 0 saturated heterocycles. The first-order valence-corrected chi connectivity index (χ1v) is 6.35. The second-order valence-corrected chi connectivity index (χ2v) is 4.90. The zero-order valence-electron chi connectivity index (χ0n) is 10.6. The number of hydrogen-bond acceptors (Lipinski definition) is 3. The van der Waals surface area contributed by atoms with E-state index in [9.17, 15) is 0 Å². The van der Waals surface area contributed by atoms with E-state index in [0.29, 0.717) is 18.1 Å². The fraction of sp³-hybridized carbons (Fsp3) is 0.571. The van der Waals surface area contributed by atoms with E-state index in [0.717, 1.165) is 18.6 Å². The monoisotopic (exact) mass is 234 g/mol. The van der Waals surface area contributed by atoms with Crippen molar-refractivity contribution in [1.82, 2.24) is 5.32 Å². The highest BCUT2D eigenvalue weighted by Gasteiger charge is 2.23. The van der Waals surface area contributed by atoms with Crippen LogP contribution in [0.4, 0.5) is 0 Å². The molecule has 2 rings (SSSR count). The molecule has 0 radical (unpaired) electrons. The van der Waals surface area contributed by atoms with Gasteiger partial charge in [0.1, 0.15) is 5.75 Å². The lowest BCUT2D eigenvalue weighted by molar-refractivity contribution is 0.392. The minimum atomic E-state index is 0.307. The van der Waals surface area contributed by atoms with Crippen molar-refractivity contribution in [3.63, 3.8) is 0 Å². The van der Waals surface area contributed by atoms with Crippen LogP contribution in [0.5, 0.6) is 5.75 Å².